The average Bonchev–Trinajstić information content (AvgIpc) is 3.20. The molecule has 4 aliphatic rings. The first-order chi connectivity index (χ1) is 17.2. The minimum atomic E-state index is -1.36. The smallest absolute Gasteiger partial charge is 0.313 e. The molecular formula is C28H34N2O6. The Labute approximate surface area is 211 Å². The van der Waals surface area contributed by atoms with Gasteiger partial charge in [-0.25, -0.2) is 0 Å². The first-order valence-electron chi connectivity index (χ1n) is 12.7. The molecule has 2 amide bonds. The molecule has 1 aromatic rings. The third-order valence-electron chi connectivity index (χ3n) is 8.29. The summed E-state index contributed by atoms with van der Waals surface area (Å²) < 4.78 is 12.4. The molecule has 8 nitrogen and oxygen atoms in total. The van der Waals surface area contributed by atoms with E-state index < -0.39 is 41.1 Å². The summed E-state index contributed by atoms with van der Waals surface area (Å²) in [4.78, 5) is 45.1. The van der Waals surface area contributed by atoms with E-state index in [1.54, 1.807) is 11.8 Å². The maximum Gasteiger partial charge on any atom is 0.313 e. The molecule has 1 unspecified atom stereocenters. The Morgan fingerprint density at radius 1 is 1.08 bits per heavy atom. The number of aryl methyl sites for hydroxylation is 2. The summed E-state index contributed by atoms with van der Waals surface area (Å²) in [5, 5.41) is 10.1. The number of cyclic esters (lactones) is 1. The Morgan fingerprint density at radius 2 is 1.81 bits per heavy atom. The van der Waals surface area contributed by atoms with Crippen molar-refractivity contribution in [2.75, 3.05) is 24.7 Å². The van der Waals surface area contributed by atoms with Gasteiger partial charge in [0.25, 0.3) is 5.91 Å². The van der Waals surface area contributed by atoms with Crippen molar-refractivity contribution in [1.82, 2.24) is 4.90 Å². The number of rotatable bonds is 4. The number of aliphatic hydroxyl groups excluding tert-OH is 1. The van der Waals surface area contributed by atoms with Crippen LogP contribution in [-0.2, 0) is 23.9 Å². The number of carbonyl (C=O) groups is 3. The Bertz CT molecular complexity index is 1140. The molecule has 2 saturated heterocycles. The molecule has 0 radical (unpaired) electrons. The SMILES string of the molecule is CC[C@@]12C=CCCOC(=O)[C@@H]1[C@H]1C(=O)N([C@H](C)CO)C3C(=O)N(c4c(C)cccc4C)CC=C[C@@]31O2. The van der Waals surface area contributed by atoms with Gasteiger partial charge < -0.3 is 24.4 Å². The van der Waals surface area contributed by atoms with Crippen LogP contribution in [0.25, 0.3) is 0 Å². The van der Waals surface area contributed by atoms with Gasteiger partial charge in [-0.1, -0.05) is 49.4 Å². The van der Waals surface area contributed by atoms with Gasteiger partial charge in [0.05, 0.1) is 25.2 Å². The van der Waals surface area contributed by atoms with Gasteiger partial charge in [-0.15, -0.1) is 0 Å². The van der Waals surface area contributed by atoms with Crippen LogP contribution in [0.3, 0.4) is 0 Å². The summed E-state index contributed by atoms with van der Waals surface area (Å²) in [6.45, 7) is 7.76. The van der Waals surface area contributed by atoms with Gasteiger partial charge in [0.1, 0.15) is 23.2 Å². The van der Waals surface area contributed by atoms with Crippen LogP contribution in [-0.4, -0.2) is 70.8 Å². The molecule has 192 valence electrons. The molecule has 1 aromatic carbocycles. The number of hydrogen-bond donors (Lipinski definition) is 1. The number of para-hydroxylation sites is 1. The van der Waals surface area contributed by atoms with Crippen LogP contribution in [0.5, 0.6) is 0 Å². The molecule has 0 aliphatic carbocycles. The molecule has 1 N–H and O–H groups in total. The van der Waals surface area contributed by atoms with Crippen molar-refractivity contribution in [3.05, 3.63) is 53.6 Å². The second-order valence-corrected chi connectivity index (χ2v) is 10.3. The van der Waals surface area contributed by atoms with E-state index in [1.165, 1.54) is 4.90 Å². The minimum absolute atomic E-state index is 0.231. The quantitative estimate of drug-likeness (QED) is 0.510. The number of nitrogens with zero attached hydrogens (tertiary/aromatic N) is 2. The summed E-state index contributed by atoms with van der Waals surface area (Å²) in [5.74, 6) is -2.97. The van der Waals surface area contributed by atoms with Crippen molar-refractivity contribution in [3.8, 4) is 0 Å². The molecule has 5 rings (SSSR count). The molecule has 6 atom stereocenters. The van der Waals surface area contributed by atoms with E-state index in [1.807, 2.05) is 63.3 Å². The fourth-order valence-corrected chi connectivity index (χ4v) is 6.66. The topological polar surface area (TPSA) is 96.4 Å². The summed E-state index contributed by atoms with van der Waals surface area (Å²) in [5.41, 5.74) is 0.257. The number of carbonyl (C=O) groups excluding carboxylic acids is 3. The summed E-state index contributed by atoms with van der Waals surface area (Å²) >= 11 is 0. The number of amides is 2. The molecule has 8 heteroatoms. The molecule has 0 saturated carbocycles. The predicted molar refractivity (Wildman–Crippen MR) is 133 cm³/mol. The highest BCUT2D eigenvalue weighted by atomic mass is 16.6. The first kappa shape index (κ1) is 24.7. The van der Waals surface area contributed by atoms with Gasteiger partial charge in [0.15, 0.2) is 0 Å². The van der Waals surface area contributed by atoms with Gasteiger partial charge in [-0.2, -0.15) is 0 Å². The molecule has 4 aliphatic heterocycles. The third-order valence-corrected chi connectivity index (χ3v) is 8.29. The van der Waals surface area contributed by atoms with E-state index in [9.17, 15) is 19.5 Å². The van der Waals surface area contributed by atoms with Crippen molar-refractivity contribution >= 4 is 23.5 Å². The van der Waals surface area contributed by atoms with Crippen molar-refractivity contribution in [2.45, 2.75) is 63.8 Å². The molecule has 36 heavy (non-hydrogen) atoms. The largest absolute Gasteiger partial charge is 0.465 e. The second kappa shape index (κ2) is 8.85. The summed E-state index contributed by atoms with van der Waals surface area (Å²) in [7, 11) is 0. The van der Waals surface area contributed by atoms with Crippen LogP contribution in [0, 0.1) is 25.7 Å². The van der Waals surface area contributed by atoms with Gasteiger partial charge in [-0.3, -0.25) is 14.4 Å². The van der Waals surface area contributed by atoms with Crippen LogP contribution in [0.15, 0.2) is 42.5 Å². The predicted octanol–water partition coefficient (Wildman–Crippen LogP) is 2.45. The second-order valence-electron chi connectivity index (χ2n) is 10.3. The van der Waals surface area contributed by atoms with E-state index in [0.29, 0.717) is 19.4 Å². The lowest BCUT2D eigenvalue weighted by Crippen LogP contribution is -2.58. The lowest BCUT2D eigenvalue weighted by molar-refractivity contribution is -0.161. The zero-order valence-corrected chi connectivity index (χ0v) is 21.3. The number of ether oxygens (including phenoxy) is 2. The van der Waals surface area contributed by atoms with Gasteiger partial charge in [0.2, 0.25) is 5.91 Å². The molecule has 0 bridgehead atoms. The van der Waals surface area contributed by atoms with Crippen molar-refractivity contribution < 1.29 is 29.0 Å². The van der Waals surface area contributed by atoms with Crippen LogP contribution >= 0.6 is 0 Å². The highest BCUT2D eigenvalue weighted by Crippen LogP contribution is 2.58. The Kier molecular flexibility index (Phi) is 6.08. The van der Waals surface area contributed by atoms with Crippen LogP contribution in [0.2, 0.25) is 0 Å². The molecule has 4 heterocycles. The summed E-state index contributed by atoms with van der Waals surface area (Å²) in [6, 6.07) is 4.18. The van der Waals surface area contributed by atoms with E-state index in [4.69, 9.17) is 9.47 Å². The fourth-order valence-electron chi connectivity index (χ4n) is 6.66. The molecule has 1 spiro atoms. The van der Waals surface area contributed by atoms with Crippen molar-refractivity contribution in [1.29, 1.82) is 0 Å². The number of anilines is 1. The summed E-state index contributed by atoms with van der Waals surface area (Å²) in [6.07, 6.45) is 8.51. The zero-order valence-electron chi connectivity index (χ0n) is 21.3. The van der Waals surface area contributed by atoms with E-state index >= 15 is 0 Å². The Hall–Kier alpha value is -2.97. The zero-order chi connectivity index (χ0) is 25.8. The number of fused-ring (bicyclic) bond motifs is 2. The standard InChI is InChI=1S/C28H34N2O6/c1-5-27-12-6-7-15-35-26(34)21(27)20-24(32)30(19(4)16-31)23-25(33)29(14-9-13-28(20,23)36-27)22-17(2)10-8-11-18(22)3/h6,8-13,19-21,23,31H,5,7,14-16H2,1-4H3/t19-,20+,21+,23?,27-,28+/m1/s1. The maximum atomic E-state index is 14.5. The van der Waals surface area contributed by atoms with Crippen LogP contribution in [0.4, 0.5) is 5.69 Å². The first-order valence-corrected chi connectivity index (χ1v) is 12.7. The number of benzene rings is 1. The Morgan fingerprint density at radius 3 is 2.47 bits per heavy atom. The van der Waals surface area contributed by atoms with E-state index in [0.717, 1.165) is 16.8 Å². The lowest BCUT2D eigenvalue weighted by Gasteiger charge is -2.40. The van der Waals surface area contributed by atoms with Gasteiger partial charge >= 0.3 is 5.97 Å². The number of aliphatic hydroxyl groups is 1. The Balaban J connectivity index is 1.71. The normalized spacial score (nSPS) is 34.5. The fraction of sp³-hybridized carbons (Fsp3) is 0.536. The number of likely N-dealkylation sites (tertiary alicyclic amines) is 1. The van der Waals surface area contributed by atoms with Gasteiger partial charge in [0, 0.05) is 12.2 Å². The van der Waals surface area contributed by atoms with Crippen LogP contribution < -0.4 is 4.90 Å². The van der Waals surface area contributed by atoms with Crippen molar-refractivity contribution in [2.24, 2.45) is 11.8 Å². The monoisotopic (exact) mass is 494 g/mol. The maximum absolute atomic E-state index is 14.5. The van der Waals surface area contributed by atoms with Crippen LogP contribution in [0.1, 0.15) is 37.8 Å². The number of hydrogen-bond acceptors (Lipinski definition) is 6. The van der Waals surface area contributed by atoms with E-state index in [-0.39, 0.29) is 25.0 Å². The molecule has 2 fully saturated rings. The average molecular weight is 495 g/mol. The highest BCUT2D eigenvalue weighted by molar-refractivity contribution is 6.06. The number of esters is 1. The third kappa shape index (κ3) is 3.30. The molecule has 0 aromatic heterocycles. The minimum Gasteiger partial charge on any atom is -0.465 e. The molecular weight excluding hydrogens is 460 g/mol. The van der Waals surface area contributed by atoms with Gasteiger partial charge in [-0.05, 0) is 44.7 Å². The van der Waals surface area contributed by atoms with Crippen molar-refractivity contribution in [3.63, 3.8) is 0 Å². The highest BCUT2D eigenvalue weighted by Gasteiger charge is 2.75. The lowest BCUT2D eigenvalue weighted by atomic mass is 9.73. The van der Waals surface area contributed by atoms with E-state index in [2.05, 4.69) is 0 Å².